The number of benzene rings is 4. The van der Waals surface area contributed by atoms with Gasteiger partial charge in [-0.1, -0.05) is 23.6 Å². The lowest BCUT2D eigenvalue weighted by Gasteiger charge is -2.13. The van der Waals surface area contributed by atoms with Gasteiger partial charge in [0.1, 0.15) is 63.1 Å². The van der Waals surface area contributed by atoms with E-state index in [0.717, 1.165) is 48.5 Å². The van der Waals surface area contributed by atoms with Crippen LogP contribution >= 0.6 is 0 Å². The highest BCUT2D eigenvalue weighted by Gasteiger charge is 2.14. The van der Waals surface area contributed by atoms with Crippen LogP contribution in [0.3, 0.4) is 0 Å². The Morgan fingerprint density at radius 2 is 0.532 bits per heavy atom. The van der Waals surface area contributed by atoms with Gasteiger partial charge in [-0.25, -0.2) is 52.8 Å². The second-order valence-corrected chi connectivity index (χ2v) is 15.2. The summed E-state index contributed by atoms with van der Waals surface area (Å²) < 4.78 is 126. The van der Waals surface area contributed by atoms with Gasteiger partial charge in [0.05, 0.1) is 30.7 Å². The van der Waals surface area contributed by atoms with E-state index in [0.29, 0.717) is 24.3 Å². The predicted octanol–water partition coefficient (Wildman–Crippen LogP) is 0.971. The first-order valence-corrected chi connectivity index (χ1v) is 19.0. The Morgan fingerprint density at radius 3 is 0.710 bits per heavy atom. The van der Waals surface area contributed by atoms with E-state index in [1.807, 2.05) is 0 Å². The van der Waals surface area contributed by atoms with E-state index in [-0.39, 0.29) is 36.9 Å². The minimum absolute atomic E-state index is 0. The van der Waals surface area contributed by atoms with Crippen LogP contribution < -0.4 is 47.1 Å². The van der Waals surface area contributed by atoms with Crippen LogP contribution in [-0.2, 0) is 40.5 Å². The lowest BCUT2D eigenvalue weighted by Crippen LogP contribution is -2.07. The summed E-state index contributed by atoms with van der Waals surface area (Å²) in [6.07, 6.45) is 0. The van der Waals surface area contributed by atoms with Crippen molar-refractivity contribution in [3.63, 3.8) is 0 Å². The second-order valence-electron chi connectivity index (χ2n) is 9.71. The topological polar surface area (TPSA) is 684 Å². The molecule has 0 bridgehead atoms. The molecule has 0 saturated carbocycles. The van der Waals surface area contributed by atoms with Crippen molar-refractivity contribution < 1.29 is 112 Å². The molecule has 0 amide bonds. The molecule has 0 aliphatic rings. The number of quaternary nitrogens is 6. The molecule has 62 heavy (non-hydrogen) atoms. The SMILES string of the molecule is O=C(O)c1cc(S(=O)(=O)[O-])ccc1O.O=C(O)c1cc(S(=O)(=O)[O-])ccc1O.O=C(O)c1cc(S(=O)(=O)[O-])ccc1[O-].O=C(O)c1cc(S(=O)(=O)[O-])ccc1[O-].[NH4+].[NH4+].[NH4+].[NH4+].[NH4+].[NH4+]. The average molecular weight is 975 g/mol. The van der Waals surface area contributed by atoms with Crippen molar-refractivity contribution in [2.75, 3.05) is 0 Å². The minimum atomic E-state index is -4.73. The first kappa shape index (κ1) is 67.1. The van der Waals surface area contributed by atoms with E-state index in [4.69, 9.17) is 30.6 Å². The summed E-state index contributed by atoms with van der Waals surface area (Å²) in [7, 11) is -18.9. The molecular formula is C28H42N6O24S4. The van der Waals surface area contributed by atoms with Crippen molar-refractivity contribution in [2.24, 2.45) is 0 Å². The van der Waals surface area contributed by atoms with Gasteiger partial charge in [-0.15, -0.1) is 0 Å². The van der Waals surface area contributed by atoms with E-state index in [9.17, 15) is 81.3 Å². The Bertz CT molecular complexity index is 2290. The molecule has 0 unspecified atom stereocenters. The van der Waals surface area contributed by atoms with Crippen LogP contribution in [0.2, 0.25) is 0 Å². The number of aromatic carboxylic acids is 4. The number of rotatable bonds is 8. The highest BCUT2D eigenvalue weighted by atomic mass is 32.2. The number of carboxylic acid groups (broad SMARTS) is 4. The Balaban J connectivity index is -0.000000163. The summed E-state index contributed by atoms with van der Waals surface area (Å²) >= 11 is 0. The van der Waals surface area contributed by atoms with Gasteiger partial charge in [-0.2, -0.15) is 0 Å². The van der Waals surface area contributed by atoms with Crippen LogP contribution in [0, 0.1) is 0 Å². The maximum absolute atomic E-state index is 10.9. The fourth-order valence-corrected chi connectivity index (χ4v) is 5.33. The maximum Gasteiger partial charge on any atom is 0.339 e. The monoisotopic (exact) mass is 974 g/mol. The van der Waals surface area contributed by atoms with E-state index in [1.54, 1.807) is 0 Å². The van der Waals surface area contributed by atoms with Crippen molar-refractivity contribution in [1.29, 1.82) is 0 Å². The molecule has 34 heteroatoms. The lowest BCUT2D eigenvalue weighted by molar-refractivity contribution is -0.269. The van der Waals surface area contributed by atoms with Crippen LogP contribution in [0.1, 0.15) is 41.4 Å². The first-order valence-electron chi connectivity index (χ1n) is 13.3. The third kappa shape index (κ3) is 20.1. The van der Waals surface area contributed by atoms with E-state index in [2.05, 4.69) is 0 Å². The number of carbonyl (C=O) groups is 4. The summed E-state index contributed by atoms with van der Waals surface area (Å²) in [5.74, 6) is -9.02. The molecule has 0 saturated heterocycles. The molecule has 352 valence electrons. The van der Waals surface area contributed by atoms with Crippen LogP contribution in [-0.4, -0.2) is 106 Å². The standard InChI is InChI=1S/4C7H6O6S.6H3N/c4*8-6-2-1-4(14(11,12)13)3-5(6)7(9)10;;;;;;/h4*1-3,8H,(H,9,10)(H,11,12,13);6*1H3. The van der Waals surface area contributed by atoms with Crippen molar-refractivity contribution in [3.8, 4) is 23.0 Å². The van der Waals surface area contributed by atoms with Crippen LogP contribution in [0.4, 0.5) is 0 Å². The van der Waals surface area contributed by atoms with Crippen molar-refractivity contribution in [3.05, 3.63) is 95.1 Å². The Labute approximate surface area is 349 Å². The zero-order valence-corrected chi connectivity index (χ0v) is 35.9. The molecule has 0 aromatic heterocycles. The third-order valence-electron chi connectivity index (χ3n) is 5.91. The summed E-state index contributed by atoms with van der Waals surface area (Å²) in [4.78, 5) is 38.9. The molecule has 4 rings (SSSR count). The van der Waals surface area contributed by atoms with E-state index in [1.165, 1.54) is 0 Å². The van der Waals surface area contributed by atoms with E-state index < -0.39 is 129 Å². The minimum Gasteiger partial charge on any atom is -0.872 e. The van der Waals surface area contributed by atoms with Gasteiger partial charge < -0.3 is 96.0 Å². The van der Waals surface area contributed by atoms with E-state index >= 15 is 0 Å². The molecule has 4 aromatic carbocycles. The largest absolute Gasteiger partial charge is 0.872 e. The summed E-state index contributed by atoms with van der Waals surface area (Å²) in [5.41, 5.74) is -2.72. The van der Waals surface area contributed by atoms with Crippen LogP contribution in [0.15, 0.2) is 92.4 Å². The second kappa shape index (κ2) is 25.9. The fraction of sp³-hybridized carbons (Fsp3) is 0. The zero-order valence-electron chi connectivity index (χ0n) is 32.6. The number of hydrogen-bond donors (Lipinski definition) is 12. The van der Waals surface area contributed by atoms with Crippen LogP contribution in [0.25, 0.3) is 0 Å². The lowest BCUT2D eigenvalue weighted by atomic mass is 10.2. The first-order chi connectivity index (χ1) is 25.3. The maximum atomic E-state index is 10.9. The van der Waals surface area contributed by atoms with Gasteiger partial charge in [-0.3, -0.25) is 0 Å². The number of aromatic hydroxyl groups is 2. The van der Waals surface area contributed by atoms with Gasteiger partial charge in [0.25, 0.3) is 0 Å². The average Bonchev–Trinajstić information content (AvgIpc) is 3.03. The molecule has 0 aliphatic heterocycles. The highest BCUT2D eigenvalue weighted by molar-refractivity contribution is 7.86. The Morgan fingerprint density at radius 1 is 0.355 bits per heavy atom. The fourth-order valence-electron chi connectivity index (χ4n) is 3.35. The molecule has 30 N–H and O–H groups in total. The zero-order chi connectivity index (χ0) is 43.7. The predicted molar refractivity (Wildman–Crippen MR) is 204 cm³/mol. The molecule has 0 fully saturated rings. The van der Waals surface area contributed by atoms with Crippen molar-refractivity contribution >= 4 is 64.3 Å². The molecule has 30 nitrogen and oxygen atoms in total. The van der Waals surface area contributed by atoms with Crippen molar-refractivity contribution in [1.82, 2.24) is 36.9 Å². The number of phenols is 2. The van der Waals surface area contributed by atoms with Gasteiger partial charge in [0, 0.05) is 0 Å². The van der Waals surface area contributed by atoms with Crippen molar-refractivity contribution in [2.45, 2.75) is 19.6 Å². The molecule has 0 atom stereocenters. The van der Waals surface area contributed by atoms with Gasteiger partial charge in [0.15, 0.2) is 0 Å². The molecule has 0 spiro atoms. The Hall–Kier alpha value is -6.64. The highest BCUT2D eigenvalue weighted by Crippen LogP contribution is 2.23. The number of hydrogen-bond acceptors (Lipinski definition) is 20. The van der Waals surface area contributed by atoms with Crippen LogP contribution in [0.5, 0.6) is 23.0 Å². The quantitative estimate of drug-likeness (QED) is 0.109. The van der Waals surface area contributed by atoms with Gasteiger partial charge >= 0.3 is 23.9 Å². The molecule has 0 radical (unpaired) electrons. The number of carboxylic acids is 4. The Kier molecular flexibility index (Phi) is 28.0. The third-order valence-corrected chi connectivity index (χ3v) is 9.24. The normalized spacial score (nSPS) is 10.1. The smallest absolute Gasteiger partial charge is 0.339 e. The summed E-state index contributed by atoms with van der Waals surface area (Å²) in [6, 6.07) is 8.69. The molecular weight excluding hydrogens is 933 g/mol. The van der Waals surface area contributed by atoms with Gasteiger partial charge in [0.2, 0.25) is 0 Å². The molecule has 0 heterocycles. The summed E-state index contributed by atoms with van der Waals surface area (Å²) in [5, 5.41) is 73.6. The molecule has 0 aliphatic carbocycles. The van der Waals surface area contributed by atoms with Gasteiger partial charge in [-0.05, 0) is 60.7 Å². The summed E-state index contributed by atoms with van der Waals surface area (Å²) in [6.45, 7) is 0. The molecule has 4 aromatic rings.